The molecular formula is C6H8OY. The van der Waals surface area contributed by atoms with Gasteiger partial charge in [-0.3, -0.25) is 6.42 Å². The molecule has 0 saturated carbocycles. The van der Waals surface area contributed by atoms with Crippen molar-refractivity contribution in [2.75, 3.05) is 6.61 Å². The van der Waals surface area contributed by atoms with Crippen LogP contribution in [0.4, 0.5) is 0 Å². The summed E-state index contributed by atoms with van der Waals surface area (Å²) in [6, 6.07) is 0. The average Bonchev–Trinajstić information content (AvgIpc) is 1.69. The molecule has 1 nitrogen and oxygen atoms in total. The van der Waals surface area contributed by atoms with Crippen LogP contribution in [0, 0.1) is 18.6 Å². The molecule has 8 heavy (non-hydrogen) atoms. The predicted octanol–water partition coefficient (Wildman–Crippen LogP) is 1.17. The van der Waals surface area contributed by atoms with Crippen LogP contribution in [0.3, 0.4) is 0 Å². The minimum absolute atomic E-state index is 0. The topological polar surface area (TPSA) is 9.23 Å². The van der Waals surface area contributed by atoms with Gasteiger partial charge in [-0.25, -0.2) is 0 Å². The average molecular weight is 185 g/mol. The predicted molar refractivity (Wildman–Crippen MR) is 27.2 cm³/mol. The maximum atomic E-state index is 4.78. The van der Waals surface area contributed by atoms with Gasteiger partial charge in [0.15, 0.2) is 6.08 Å². The molecule has 0 aromatic heterocycles. The number of hydrogen-bond donors (Lipinski definition) is 0. The Balaban J connectivity index is 0.000000490. The Kier molecular flexibility index (Phi) is 4.74. The van der Waals surface area contributed by atoms with Gasteiger partial charge in [0.2, 0.25) is 0 Å². The zero-order valence-corrected chi connectivity index (χ0v) is 7.76. The van der Waals surface area contributed by atoms with E-state index in [-0.39, 0.29) is 32.7 Å². The molecular weight excluding hydrogens is 177 g/mol. The first kappa shape index (κ1) is 8.55. The Labute approximate surface area is 75.4 Å². The maximum Gasteiger partial charge on any atom is 0.474 e. The molecule has 1 rings (SSSR count). The summed E-state index contributed by atoms with van der Waals surface area (Å²) in [5.41, 5.74) is 0. The fourth-order valence-corrected chi connectivity index (χ4v) is 0.471. The van der Waals surface area contributed by atoms with Crippen molar-refractivity contribution >= 4 is 0 Å². The van der Waals surface area contributed by atoms with Gasteiger partial charge < -0.3 is 4.74 Å². The maximum absolute atomic E-state index is 4.78. The molecule has 0 saturated heterocycles. The standard InChI is InChI=1S/C6H8O.Y/c1-6-2-4-7-5-3-6;/h2-3,6H,4H2,1H3;. The molecule has 1 atom stereocenters. The molecule has 2 heteroatoms. The SMILES string of the molecule is CC1C=[C+]OC[CH-]1.[Y]. The van der Waals surface area contributed by atoms with Gasteiger partial charge in [-0.05, 0) is 0 Å². The molecule has 0 fully saturated rings. The van der Waals surface area contributed by atoms with E-state index in [1.807, 2.05) is 6.08 Å². The summed E-state index contributed by atoms with van der Waals surface area (Å²) in [7, 11) is 0. The summed E-state index contributed by atoms with van der Waals surface area (Å²) in [4.78, 5) is 0. The van der Waals surface area contributed by atoms with Gasteiger partial charge in [0.25, 0.3) is 0 Å². The Morgan fingerprint density at radius 1 is 1.88 bits per heavy atom. The van der Waals surface area contributed by atoms with Gasteiger partial charge in [0.1, 0.15) is 0 Å². The van der Waals surface area contributed by atoms with Crippen molar-refractivity contribution < 1.29 is 37.4 Å². The molecule has 1 unspecified atom stereocenters. The van der Waals surface area contributed by atoms with Crippen LogP contribution in [-0.2, 0) is 37.4 Å². The van der Waals surface area contributed by atoms with Crippen LogP contribution in [0.2, 0.25) is 0 Å². The van der Waals surface area contributed by atoms with E-state index in [9.17, 15) is 0 Å². The monoisotopic (exact) mass is 185 g/mol. The molecule has 1 radical (unpaired) electrons. The minimum atomic E-state index is 0. The summed E-state index contributed by atoms with van der Waals surface area (Å²) in [6.45, 7) is 2.83. The fraction of sp³-hybridized carbons (Fsp3) is 0.500. The molecule has 0 aromatic rings. The summed E-state index contributed by atoms with van der Waals surface area (Å²) in [5, 5.41) is 0. The van der Waals surface area contributed by atoms with Gasteiger partial charge in [0.05, 0.1) is 0 Å². The molecule has 41 valence electrons. The Hall–Kier alpha value is 0.554. The largest absolute Gasteiger partial charge is 0.474 e. The molecule has 0 amide bonds. The number of hydrogen-bond acceptors (Lipinski definition) is 1. The van der Waals surface area contributed by atoms with Crippen molar-refractivity contribution in [3.63, 3.8) is 0 Å². The van der Waals surface area contributed by atoms with Gasteiger partial charge in [-0.15, -0.1) is 0 Å². The summed E-state index contributed by atoms with van der Waals surface area (Å²) >= 11 is 0. The Bertz CT molecular complexity index is 80.6. The zero-order valence-electron chi connectivity index (χ0n) is 4.92. The molecule has 1 aliphatic rings. The van der Waals surface area contributed by atoms with E-state index in [0.29, 0.717) is 5.92 Å². The fourth-order valence-electron chi connectivity index (χ4n) is 0.471. The van der Waals surface area contributed by atoms with Gasteiger partial charge in [0, 0.05) is 39.3 Å². The second-order valence-corrected chi connectivity index (χ2v) is 1.69. The van der Waals surface area contributed by atoms with E-state index in [1.165, 1.54) is 0 Å². The molecule has 1 aliphatic heterocycles. The first-order chi connectivity index (χ1) is 3.39. The van der Waals surface area contributed by atoms with Crippen molar-refractivity contribution in [3.05, 3.63) is 18.8 Å². The Morgan fingerprint density at radius 3 is 2.88 bits per heavy atom. The molecule has 0 N–H and O–H groups in total. The van der Waals surface area contributed by atoms with Crippen molar-refractivity contribution in [2.24, 2.45) is 5.92 Å². The first-order valence-electron chi connectivity index (χ1n) is 2.43. The third-order valence-corrected chi connectivity index (χ3v) is 0.966. The van der Waals surface area contributed by atoms with Crippen LogP contribution in [-0.4, -0.2) is 6.61 Å². The Morgan fingerprint density at radius 2 is 2.62 bits per heavy atom. The molecule has 0 spiro atoms. The van der Waals surface area contributed by atoms with Crippen LogP contribution in [0.15, 0.2) is 6.08 Å². The number of allylic oxidation sites excluding steroid dienone is 1. The van der Waals surface area contributed by atoms with Crippen LogP contribution < -0.4 is 0 Å². The van der Waals surface area contributed by atoms with Gasteiger partial charge in [-0.2, -0.15) is 0 Å². The summed E-state index contributed by atoms with van der Waals surface area (Å²) < 4.78 is 4.78. The van der Waals surface area contributed by atoms with Crippen molar-refractivity contribution in [2.45, 2.75) is 6.92 Å². The van der Waals surface area contributed by atoms with E-state index < -0.39 is 0 Å². The van der Waals surface area contributed by atoms with E-state index in [4.69, 9.17) is 4.74 Å². The van der Waals surface area contributed by atoms with Crippen molar-refractivity contribution in [1.82, 2.24) is 0 Å². The van der Waals surface area contributed by atoms with E-state index in [1.54, 1.807) is 0 Å². The van der Waals surface area contributed by atoms with Crippen molar-refractivity contribution in [1.29, 1.82) is 0 Å². The van der Waals surface area contributed by atoms with E-state index >= 15 is 0 Å². The van der Waals surface area contributed by atoms with Crippen LogP contribution in [0.1, 0.15) is 6.92 Å². The minimum Gasteiger partial charge on any atom is -0.301 e. The zero-order chi connectivity index (χ0) is 5.11. The van der Waals surface area contributed by atoms with E-state index in [0.717, 1.165) is 6.61 Å². The second kappa shape index (κ2) is 4.43. The van der Waals surface area contributed by atoms with Crippen LogP contribution in [0.25, 0.3) is 0 Å². The van der Waals surface area contributed by atoms with Gasteiger partial charge >= 0.3 is 6.26 Å². The smallest absolute Gasteiger partial charge is 0.301 e. The third-order valence-electron chi connectivity index (χ3n) is 0.966. The molecule has 0 bridgehead atoms. The van der Waals surface area contributed by atoms with Crippen molar-refractivity contribution in [3.8, 4) is 0 Å². The molecule has 0 aliphatic carbocycles. The van der Waals surface area contributed by atoms with Gasteiger partial charge in [-0.1, -0.05) is 12.8 Å². The normalized spacial score (nSPS) is 24.9. The molecule has 0 aromatic carbocycles. The number of ether oxygens (including phenoxy) is 1. The third kappa shape index (κ3) is 2.76. The quantitative estimate of drug-likeness (QED) is 0.514. The van der Waals surface area contributed by atoms with E-state index in [2.05, 4.69) is 19.6 Å². The first-order valence-corrected chi connectivity index (χ1v) is 2.43. The molecule has 1 heterocycles. The summed E-state index contributed by atoms with van der Waals surface area (Å²) in [6.07, 6.45) is 6.68. The number of rotatable bonds is 0. The summed E-state index contributed by atoms with van der Waals surface area (Å²) in [5.74, 6) is 0.550. The van der Waals surface area contributed by atoms with Crippen LogP contribution >= 0.6 is 0 Å². The van der Waals surface area contributed by atoms with Crippen LogP contribution in [0.5, 0.6) is 0 Å². The second-order valence-electron chi connectivity index (χ2n) is 1.69.